The first-order valence-electron chi connectivity index (χ1n) is 7.48. The third-order valence-corrected chi connectivity index (χ3v) is 2.93. The van der Waals surface area contributed by atoms with Crippen LogP contribution in [0.4, 0.5) is 4.79 Å². The first-order chi connectivity index (χ1) is 9.05. The van der Waals surface area contributed by atoms with Gasteiger partial charge in [-0.05, 0) is 67.2 Å². The quantitative estimate of drug-likeness (QED) is 0.783. The molecule has 5 nitrogen and oxygen atoms in total. The number of carbonyl (C=O) groups is 1. The average molecular weight is 286 g/mol. The van der Waals surface area contributed by atoms with Crippen LogP contribution >= 0.6 is 0 Å². The average Bonchev–Trinajstić information content (AvgIpc) is 2.23. The molecule has 0 aromatic rings. The van der Waals surface area contributed by atoms with E-state index in [4.69, 9.17) is 9.57 Å². The number of nitrogens with one attached hydrogen (secondary N) is 2. The van der Waals surface area contributed by atoms with Gasteiger partial charge in [0.05, 0.1) is 5.60 Å². The summed E-state index contributed by atoms with van der Waals surface area (Å²) in [5.74, 6) is 0. The van der Waals surface area contributed by atoms with Gasteiger partial charge in [0.25, 0.3) is 0 Å². The first kappa shape index (κ1) is 17.2. The van der Waals surface area contributed by atoms with E-state index in [0.29, 0.717) is 0 Å². The summed E-state index contributed by atoms with van der Waals surface area (Å²) in [7, 11) is 0. The number of alkyl carbamates (subject to hydrolysis) is 1. The number of carbonyl (C=O) groups excluding carboxylic acids is 1. The molecule has 0 saturated heterocycles. The van der Waals surface area contributed by atoms with Crippen molar-refractivity contribution in [2.75, 3.05) is 0 Å². The zero-order valence-electron chi connectivity index (χ0n) is 13.7. The number of hydrogen-bond donors (Lipinski definition) is 2. The second kappa shape index (κ2) is 6.76. The largest absolute Gasteiger partial charge is 0.444 e. The van der Waals surface area contributed by atoms with Gasteiger partial charge in [-0.15, -0.1) is 0 Å². The van der Waals surface area contributed by atoms with Crippen molar-refractivity contribution >= 4 is 6.09 Å². The van der Waals surface area contributed by atoms with E-state index in [9.17, 15) is 4.79 Å². The Balaban J connectivity index is 2.35. The highest BCUT2D eigenvalue weighted by molar-refractivity contribution is 5.68. The molecule has 0 aliphatic heterocycles. The van der Waals surface area contributed by atoms with Gasteiger partial charge >= 0.3 is 6.09 Å². The van der Waals surface area contributed by atoms with Crippen LogP contribution in [0.3, 0.4) is 0 Å². The van der Waals surface area contributed by atoms with Gasteiger partial charge < -0.3 is 10.1 Å². The Labute approximate surface area is 122 Å². The lowest BCUT2D eigenvalue weighted by atomic mass is 9.91. The molecule has 2 atom stereocenters. The molecule has 0 aromatic heterocycles. The van der Waals surface area contributed by atoms with E-state index in [0.717, 1.165) is 25.7 Å². The van der Waals surface area contributed by atoms with Gasteiger partial charge in [0.2, 0.25) is 0 Å². The molecule has 0 radical (unpaired) electrons. The predicted molar refractivity (Wildman–Crippen MR) is 79.4 cm³/mol. The van der Waals surface area contributed by atoms with E-state index in [-0.39, 0.29) is 23.8 Å². The molecular formula is C15H30N2O3. The topological polar surface area (TPSA) is 59.6 Å². The minimum atomic E-state index is -0.453. The number of amides is 1. The second-order valence-corrected chi connectivity index (χ2v) is 7.54. The normalized spacial score (nSPS) is 24.3. The SMILES string of the molecule is CC(C)(C)ONC1CCCC(NC(=O)OC(C)(C)C)C1. The molecule has 20 heavy (non-hydrogen) atoms. The summed E-state index contributed by atoms with van der Waals surface area (Å²) in [6, 6.07) is 0.433. The molecule has 2 unspecified atom stereocenters. The summed E-state index contributed by atoms with van der Waals surface area (Å²) < 4.78 is 5.29. The van der Waals surface area contributed by atoms with E-state index >= 15 is 0 Å². The molecule has 1 aliphatic carbocycles. The van der Waals surface area contributed by atoms with Crippen LogP contribution in [0, 0.1) is 0 Å². The van der Waals surface area contributed by atoms with Gasteiger partial charge in [-0.3, -0.25) is 4.84 Å². The molecule has 1 aliphatic rings. The van der Waals surface area contributed by atoms with Crippen molar-refractivity contribution in [2.24, 2.45) is 0 Å². The van der Waals surface area contributed by atoms with Crippen molar-refractivity contribution in [3.8, 4) is 0 Å². The summed E-state index contributed by atoms with van der Waals surface area (Å²) in [6.45, 7) is 11.6. The molecule has 1 fully saturated rings. The smallest absolute Gasteiger partial charge is 0.407 e. The molecule has 118 valence electrons. The Morgan fingerprint density at radius 1 is 1.00 bits per heavy atom. The lowest BCUT2D eigenvalue weighted by molar-refractivity contribution is -0.0939. The van der Waals surface area contributed by atoms with Crippen molar-refractivity contribution in [2.45, 2.75) is 90.5 Å². The second-order valence-electron chi connectivity index (χ2n) is 7.54. The molecule has 0 aromatic carbocycles. The fourth-order valence-corrected chi connectivity index (χ4v) is 2.16. The molecule has 1 rings (SSSR count). The van der Waals surface area contributed by atoms with Crippen LogP contribution in [0.5, 0.6) is 0 Å². The highest BCUT2D eigenvalue weighted by Crippen LogP contribution is 2.20. The van der Waals surface area contributed by atoms with Crippen LogP contribution < -0.4 is 10.8 Å². The Morgan fingerprint density at radius 2 is 1.60 bits per heavy atom. The van der Waals surface area contributed by atoms with Crippen LogP contribution in [0.2, 0.25) is 0 Å². The monoisotopic (exact) mass is 286 g/mol. The van der Waals surface area contributed by atoms with Gasteiger partial charge in [-0.25, -0.2) is 4.79 Å². The van der Waals surface area contributed by atoms with Crippen LogP contribution in [-0.2, 0) is 9.57 Å². The van der Waals surface area contributed by atoms with Crippen molar-refractivity contribution < 1.29 is 14.4 Å². The molecule has 1 saturated carbocycles. The fraction of sp³-hybridized carbons (Fsp3) is 0.933. The summed E-state index contributed by atoms with van der Waals surface area (Å²) in [5.41, 5.74) is 2.47. The van der Waals surface area contributed by atoms with Crippen LogP contribution in [-0.4, -0.2) is 29.4 Å². The van der Waals surface area contributed by atoms with E-state index < -0.39 is 5.60 Å². The van der Waals surface area contributed by atoms with Gasteiger partial charge in [-0.1, -0.05) is 0 Å². The molecule has 1 amide bonds. The van der Waals surface area contributed by atoms with Crippen LogP contribution in [0.25, 0.3) is 0 Å². The maximum Gasteiger partial charge on any atom is 0.407 e. The summed E-state index contributed by atoms with van der Waals surface area (Å²) in [4.78, 5) is 17.4. The Bertz CT molecular complexity index is 318. The van der Waals surface area contributed by atoms with Gasteiger partial charge in [0, 0.05) is 12.1 Å². The van der Waals surface area contributed by atoms with E-state index in [1.165, 1.54) is 0 Å². The van der Waals surface area contributed by atoms with E-state index in [1.807, 2.05) is 41.5 Å². The maximum atomic E-state index is 11.8. The highest BCUT2D eigenvalue weighted by atomic mass is 16.7. The zero-order valence-corrected chi connectivity index (χ0v) is 13.7. The van der Waals surface area contributed by atoms with E-state index in [1.54, 1.807) is 0 Å². The lowest BCUT2D eigenvalue weighted by Gasteiger charge is -2.32. The standard InChI is InChI=1S/C15H30N2O3/c1-14(2,3)19-13(18)16-11-8-7-9-12(10-11)17-20-15(4,5)6/h11-12,17H,7-10H2,1-6H3,(H,16,18). The molecule has 0 spiro atoms. The maximum absolute atomic E-state index is 11.8. The predicted octanol–water partition coefficient (Wildman–Crippen LogP) is 3.14. The fourth-order valence-electron chi connectivity index (χ4n) is 2.16. The molecule has 5 heteroatoms. The van der Waals surface area contributed by atoms with Gasteiger partial charge in [0.15, 0.2) is 0 Å². The Hall–Kier alpha value is -0.810. The molecule has 2 N–H and O–H groups in total. The Morgan fingerprint density at radius 3 is 2.15 bits per heavy atom. The Kier molecular flexibility index (Phi) is 5.83. The third-order valence-electron chi connectivity index (χ3n) is 2.93. The minimum Gasteiger partial charge on any atom is -0.444 e. The highest BCUT2D eigenvalue weighted by Gasteiger charge is 2.26. The van der Waals surface area contributed by atoms with Crippen molar-refractivity contribution in [3.63, 3.8) is 0 Å². The van der Waals surface area contributed by atoms with Crippen LogP contribution in [0.1, 0.15) is 67.2 Å². The van der Waals surface area contributed by atoms with Crippen molar-refractivity contribution in [1.82, 2.24) is 10.8 Å². The third kappa shape index (κ3) is 7.70. The molecule has 0 heterocycles. The van der Waals surface area contributed by atoms with Crippen molar-refractivity contribution in [1.29, 1.82) is 0 Å². The number of ether oxygens (including phenoxy) is 1. The number of hydrogen-bond acceptors (Lipinski definition) is 4. The van der Waals surface area contributed by atoms with E-state index in [2.05, 4.69) is 10.8 Å². The summed E-state index contributed by atoms with van der Waals surface area (Å²) in [6.07, 6.45) is 3.68. The lowest BCUT2D eigenvalue weighted by Crippen LogP contribution is -2.46. The number of hydroxylamine groups is 1. The summed E-state index contributed by atoms with van der Waals surface area (Å²) in [5, 5.41) is 2.95. The van der Waals surface area contributed by atoms with Crippen molar-refractivity contribution in [3.05, 3.63) is 0 Å². The number of rotatable bonds is 3. The zero-order chi connectivity index (χ0) is 15.4. The van der Waals surface area contributed by atoms with Crippen LogP contribution in [0.15, 0.2) is 0 Å². The first-order valence-corrected chi connectivity index (χ1v) is 7.48. The summed E-state index contributed by atoms with van der Waals surface area (Å²) >= 11 is 0. The molecular weight excluding hydrogens is 256 g/mol. The minimum absolute atomic E-state index is 0.152. The van der Waals surface area contributed by atoms with Gasteiger partial charge in [0.1, 0.15) is 5.60 Å². The van der Waals surface area contributed by atoms with Gasteiger partial charge in [-0.2, -0.15) is 5.48 Å². The molecule has 0 bridgehead atoms.